The van der Waals surface area contributed by atoms with Crippen LogP contribution in [0.25, 0.3) is 10.8 Å². The van der Waals surface area contributed by atoms with Crippen molar-refractivity contribution in [1.29, 1.82) is 0 Å². The van der Waals surface area contributed by atoms with Crippen molar-refractivity contribution >= 4 is 10.8 Å². The normalized spacial score (nSPS) is 15.3. The van der Waals surface area contributed by atoms with Crippen LogP contribution in [0, 0.1) is 0 Å². The molecule has 0 bridgehead atoms. The minimum atomic E-state index is -0.0506. The molecule has 1 nitrogen and oxygen atoms in total. The molecular weight excluding hydrogens is 244 g/mol. The number of rotatable bonds is 0. The van der Waals surface area contributed by atoms with Gasteiger partial charge in [0.05, 0.1) is 0 Å². The van der Waals surface area contributed by atoms with Crippen LogP contribution in [0.1, 0.15) is 25.0 Å². The van der Waals surface area contributed by atoms with E-state index >= 15 is 0 Å². The minimum absolute atomic E-state index is 0.0506. The number of benzene rings is 3. The van der Waals surface area contributed by atoms with Gasteiger partial charge in [-0.2, -0.15) is 0 Å². The van der Waals surface area contributed by atoms with E-state index in [9.17, 15) is 0 Å². The molecule has 0 N–H and O–H groups in total. The number of ether oxygens (including phenoxy) is 1. The molecule has 0 aliphatic carbocycles. The fourth-order valence-corrected chi connectivity index (χ4v) is 3.31. The maximum Gasteiger partial charge on any atom is 0.132 e. The van der Waals surface area contributed by atoms with Crippen LogP contribution in [0.3, 0.4) is 0 Å². The zero-order chi connectivity index (χ0) is 13.7. The van der Waals surface area contributed by atoms with Gasteiger partial charge in [-0.1, -0.05) is 62.4 Å². The van der Waals surface area contributed by atoms with E-state index in [4.69, 9.17) is 4.74 Å². The Kier molecular flexibility index (Phi) is 2.23. The molecule has 0 saturated carbocycles. The van der Waals surface area contributed by atoms with Gasteiger partial charge in [-0.05, 0) is 22.9 Å². The molecule has 1 aliphatic heterocycles. The van der Waals surface area contributed by atoms with Crippen LogP contribution in [-0.4, -0.2) is 0 Å². The summed E-state index contributed by atoms with van der Waals surface area (Å²) in [5.74, 6) is 1.95. The van der Waals surface area contributed by atoms with Crippen molar-refractivity contribution in [2.75, 3.05) is 0 Å². The lowest BCUT2D eigenvalue weighted by Crippen LogP contribution is -2.24. The summed E-state index contributed by atoms with van der Waals surface area (Å²) in [7, 11) is 0. The Morgan fingerprint density at radius 1 is 0.750 bits per heavy atom. The second kappa shape index (κ2) is 3.86. The van der Waals surface area contributed by atoms with Crippen LogP contribution in [0.2, 0.25) is 0 Å². The van der Waals surface area contributed by atoms with E-state index in [0.717, 1.165) is 11.5 Å². The average molecular weight is 260 g/mol. The highest BCUT2D eigenvalue weighted by Crippen LogP contribution is 2.50. The highest BCUT2D eigenvalue weighted by Gasteiger charge is 2.35. The molecular formula is C19H16O. The van der Waals surface area contributed by atoms with E-state index in [1.807, 2.05) is 6.07 Å². The Balaban J connectivity index is 2.10. The van der Waals surface area contributed by atoms with Crippen molar-refractivity contribution in [1.82, 2.24) is 0 Å². The number of hydrogen-bond donors (Lipinski definition) is 0. The highest BCUT2D eigenvalue weighted by atomic mass is 16.5. The molecule has 0 amide bonds. The summed E-state index contributed by atoms with van der Waals surface area (Å²) in [6.45, 7) is 4.55. The summed E-state index contributed by atoms with van der Waals surface area (Å²) in [6, 6.07) is 21.1. The summed E-state index contributed by atoms with van der Waals surface area (Å²) in [6.07, 6.45) is 0. The summed E-state index contributed by atoms with van der Waals surface area (Å²) in [5, 5.41) is 2.55. The Hall–Kier alpha value is -2.28. The molecule has 98 valence electrons. The lowest BCUT2D eigenvalue weighted by atomic mass is 9.74. The zero-order valence-corrected chi connectivity index (χ0v) is 11.7. The average Bonchev–Trinajstić information content (AvgIpc) is 2.46. The van der Waals surface area contributed by atoms with Gasteiger partial charge in [0.25, 0.3) is 0 Å². The van der Waals surface area contributed by atoms with Crippen molar-refractivity contribution in [3.63, 3.8) is 0 Å². The van der Waals surface area contributed by atoms with Crippen molar-refractivity contribution in [2.45, 2.75) is 19.3 Å². The maximum absolute atomic E-state index is 6.12. The standard InChI is InChI=1S/C19H16O/c1-19(2)15-9-5-6-10-16(15)20-17-12-11-13-7-3-4-8-14(13)18(17)19/h3-12H,1-2H3. The Bertz CT molecular complexity index is 815. The molecule has 3 aromatic rings. The lowest BCUT2D eigenvalue weighted by molar-refractivity contribution is 0.420. The molecule has 1 aliphatic rings. The first-order valence-corrected chi connectivity index (χ1v) is 6.97. The predicted molar refractivity (Wildman–Crippen MR) is 82.6 cm³/mol. The fourth-order valence-electron chi connectivity index (χ4n) is 3.31. The van der Waals surface area contributed by atoms with E-state index in [0.29, 0.717) is 0 Å². The van der Waals surface area contributed by atoms with Crippen molar-refractivity contribution in [3.8, 4) is 11.5 Å². The molecule has 0 radical (unpaired) electrons. The van der Waals surface area contributed by atoms with Crippen LogP contribution < -0.4 is 4.74 Å². The molecule has 1 heterocycles. The van der Waals surface area contributed by atoms with Gasteiger partial charge in [0, 0.05) is 16.5 Å². The van der Waals surface area contributed by atoms with Crippen molar-refractivity contribution in [3.05, 3.63) is 71.8 Å². The highest BCUT2D eigenvalue weighted by molar-refractivity contribution is 5.90. The molecule has 1 heteroatoms. The summed E-state index contributed by atoms with van der Waals surface area (Å²) >= 11 is 0. The maximum atomic E-state index is 6.12. The largest absolute Gasteiger partial charge is 0.457 e. The van der Waals surface area contributed by atoms with Gasteiger partial charge in [0.2, 0.25) is 0 Å². The second-order valence-corrected chi connectivity index (χ2v) is 5.88. The first-order chi connectivity index (χ1) is 9.68. The van der Waals surface area contributed by atoms with Gasteiger partial charge in [-0.3, -0.25) is 0 Å². The molecule has 0 fully saturated rings. The molecule has 4 rings (SSSR count). The Morgan fingerprint density at radius 2 is 1.50 bits per heavy atom. The Labute approximate surface area is 118 Å². The Morgan fingerprint density at radius 3 is 2.40 bits per heavy atom. The van der Waals surface area contributed by atoms with E-state index in [1.54, 1.807) is 0 Å². The lowest BCUT2D eigenvalue weighted by Gasteiger charge is -2.35. The monoisotopic (exact) mass is 260 g/mol. The van der Waals surface area contributed by atoms with E-state index in [2.05, 4.69) is 68.4 Å². The quantitative estimate of drug-likeness (QED) is 0.535. The topological polar surface area (TPSA) is 9.23 Å². The molecule has 0 saturated heterocycles. The number of para-hydroxylation sites is 1. The summed E-state index contributed by atoms with van der Waals surface area (Å²) in [5.41, 5.74) is 2.49. The van der Waals surface area contributed by atoms with Crippen molar-refractivity contribution in [2.24, 2.45) is 0 Å². The van der Waals surface area contributed by atoms with Gasteiger partial charge in [0.1, 0.15) is 11.5 Å². The minimum Gasteiger partial charge on any atom is -0.457 e. The van der Waals surface area contributed by atoms with Crippen LogP contribution in [0.15, 0.2) is 60.7 Å². The number of hydrogen-bond acceptors (Lipinski definition) is 1. The zero-order valence-electron chi connectivity index (χ0n) is 11.7. The van der Waals surface area contributed by atoms with Gasteiger partial charge in [0.15, 0.2) is 0 Å². The van der Waals surface area contributed by atoms with Gasteiger partial charge in [-0.15, -0.1) is 0 Å². The van der Waals surface area contributed by atoms with E-state index in [-0.39, 0.29) is 5.41 Å². The predicted octanol–water partition coefficient (Wildman–Crippen LogP) is 5.27. The molecule has 0 unspecified atom stereocenters. The first kappa shape index (κ1) is 11.5. The molecule has 0 aromatic heterocycles. The SMILES string of the molecule is CC1(C)c2ccccc2Oc2ccc3ccccc3c21. The third-order valence-corrected chi connectivity index (χ3v) is 4.30. The van der Waals surface area contributed by atoms with Gasteiger partial charge >= 0.3 is 0 Å². The van der Waals surface area contributed by atoms with Gasteiger partial charge in [-0.25, -0.2) is 0 Å². The second-order valence-electron chi connectivity index (χ2n) is 5.88. The first-order valence-electron chi connectivity index (χ1n) is 6.97. The summed E-state index contributed by atoms with van der Waals surface area (Å²) < 4.78 is 6.12. The molecule has 0 atom stereocenters. The number of fused-ring (bicyclic) bond motifs is 4. The van der Waals surface area contributed by atoms with E-state index < -0.39 is 0 Å². The third-order valence-electron chi connectivity index (χ3n) is 4.30. The fraction of sp³-hybridized carbons (Fsp3) is 0.158. The third kappa shape index (κ3) is 1.44. The molecule has 3 aromatic carbocycles. The van der Waals surface area contributed by atoms with Gasteiger partial charge < -0.3 is 4.74 Å². The molecule has 0 spiro atoms. The van der Waals surface area contributed by atoms with Crippen LogP contribution in [0.5, 0.6) is 11.5 Å². The molecule has 20 heavy (non-hydrogen) atoms. The van der Waals surface area contributed by atoms with Crippen LogP contribution in [0.4, 0.5) is 0 Å². The smallest absolute Gasteiger partial charge is 0.132 e. The van der Waals surface area contributed by atoms with Crippen LogP contribution >= 0.6 is 0 Å². The van der Waals surface area contributed by atoms with Crippen LogP contribution in [-0.2, 0) is 5.41 Å². The summed E-state index contributed by atoms with van der Waals surface area (Å²) in [4.78, 5) is 0. The van der Waals surface area contributed by atoms with E-state index in [1.165, 1.54) is 21.9 Å². The van der Waals surface area contributed by atoms with Crippen molar-refractivity contribution < 1.29 is 4.74 Å².